The molecule has 3 heteroatoms. The van der Waals surface area contributed by atoms with E-state index in [1.54, 1.807) is 0 Å². The molecule has 0 atom stereocenters. The van der Waals surface area contributed by atoms with Crippen molar-refractivity contribution in [2.45, 2.75) is 5.88 Å². The molecule has 0 saturated carbocycles. The van der Waals surface area contributed by atoms with Crippen LogP contribution < -0.4 is 0 Å². The Labute approximate surface area is 121 Å². The topological polar surface area (TPSA) is 12.9 Å². The van der Waals surface area contributed by atoms with Gasteiger partial charge in [0.2, 0.25) is 0 Å². The molecule has 94 valence electrons. The lowest BCUT2D eigenvalue weighted by Crippen LogP contribution is -1.88. The highest BCUT2D eigenvalue weighted by Crippen LogP contribution is 2.29. The summed E-state index contributed by atoms with van der Waals surface area (Å²) in [6.45, 7) is 0. The molecule has 0 aliphatic rings. The molecular formula is C16H11Cl2N. The average Bonchev–Trinajstić information content (AvgIpc) is 2.47. The molecule has 0 radical (unpaired) electrons. The molecule has 0 unspecified atom stereocenters. The van der Waals surface area contributed by atoms with Crippen molar-refractivity contribution in [2.75, 3.05) is 0 Å². The van der Waals surface area contributed by atoms with Crippen LogP contribution in [0.5, 0.6) is 0 Å². The van der Waals surface area contributed by atoms with E-state index in [0.29, 0.717) is 5.88 Å². The SMILES string of the molecule is ClCc1cccc2c(-c3ccc(Cl)cc3)nccc12. The van der Waals surface area contributed by atoms with Crippen LogP contribution in [0, 0.1) is 0 Å². The lowest BCUT2D eigenvalue weighted by atomic mass is 10.0. The molecule has 0 fully saturated rings. The zero-order valence-corrected chi connectivity index (χ0v) is 11.6. The van der Waals surface area contributed by atoms with E-state index in [9.17, 15) is 0 Å². The predicted molar refractivity (Wildman–Crippen MR) is 81.7 cm³/mol. The first-order valence-electron chi connectivity index (χ1n) is 5.98. The van der Waals surface area contributed by atoms with Gasteiger partial charge in [0.25, 0.3) is 0 Å². The zero-order chi connectivity index (χ0) is 13.2. The average molecular weight is 288 g/mol. The fourth-order valence-corrected chi connectivity index (χ4v) is 2.59. The quantitative estimate of drug-likeness (QED) is 0.583. The second-order valence-corrected chi connectivity index (χ2v) is 5.02. The van der Waals surface area contributed by atoms with Gasteiger partial charge in [0.1, 0.15) is 0 Å². The number of alkyl halides is 1. The van der Waals surface area contributed by atoms with E-state index in [1.165, 1.54) is 0 Å². The number of nitrogens with zero attached hydrogens (tertiary/aromatic N) is 1. The van der Waals surface area contributed by atoms with Gasteiger partial charge in [-0.2, -0.15) is 0 Å². The van der Waals surface area contributed by atoms with Crippen LogP contribution >= 0.6 is 23.2 Å². The van der Waals surface area contributed by atoms with E-state index < -0.39 is 0 Å². The monoisotopic (exact) mass is 287 g/mol. The molecule has 1 nitrogen and oxygen atoms in total. The third-order valence-corrected chi connectivity index (χ3v) is 3.70. The third kappa shape index (κ3) is 2.32. The molecule has 0 aliphatic carbocycles. The van der Waals surface area contributed by atoms with Crippen LogP contribution in [0.1, 0.15) is 5.56 Å². The number of fused-ring (bicyclic) bond motifs is 1. The van der Waals surface area contributed by atoms with Gasteiger partial charge in [0, 0.05) is 28.0 Å². The van der Waals surface area contributed by atoms with Gasteiger partial charge in [0.05, 0.1) is 5.69 Å². The van der Waals surface area contributed by atoms with E-state index in [0.717, 1.165) is 32.6 Å². The fraction of sp³-hybridized carbons (Fsp3) is 0.0625. The molecule has 0 N–H and O–H groups in total. The van der Waals surface area contributed by atoms with Crippen molar-refractivity contribution in [3.8, 4) is 11.3 Å². The van der Waals surface area contributed by atoms with Crippen LogP contribution in [0.3, 0.4) is 0 Å². The van der Waals surface area contributed by atoms with Gasteiger partial charge in [-0.15, -0.1) is 11.6 Å². The van der Waals surface area contributed by atoms with Crippen molar-refractivity contribution in [1.82, 2.24) is 4.98 Å². The van der Waals surface area contributed by atoms with E-state index in [2.05, 4.69) is 11.1 Å². The molecular weight excluding hydrogens is 277 g/mol. The predicted octanol–water partition coefficient (Wildman–Crippen LogP) is 5.29. The Morgan fingerprint density at radius 3 is 2.42 bits per heavy atom. The van der Waals surface area contributed by atoms with Crippen molar-refractivity contribution >= 4 is 34.0 Å². The summed E-state index contributed by atoms with van der Waals surface area (Å²) in [6.07, 6.45) is 1.82. The first kappa shape index (κ1) is 12.5. The smallest absolute Gasteiger partial charge is 0.0780 e. The van der Waals surface area contributed by atoms with Crippen LogP contribution in [-0.2, 0) is 5.88 Å². The van der Waals surface area contributed by atoms with Gasteiger partial charge >= 0.3 is 0 Å². The van der Waals surface area contributed by atoms with Gasteiger partial charge in [-0.25, -0.2) is 0 Å². The lowest BCUT2D eigenvalue weighted by molar-refractivity contribution is 1.34. The Balaban J connectivity index is 2.27. The largest absolute Gasteiger partial charge is 0.256 e. The first-order chi connectivity index (χ1) is 9.29. The number of benzene rings is 2. The fourth-order valence-electron chi connectivity index (χ4n) is 2.23. The summed E-state index contributed by atoms with van der Waals surface area (Å²) in [5.74, 6) is 0.501. The number of aromatic nitrogens is 1. The summed E-state index contributed by atoms with van der Waals surface area (Å²) in [7, 11) is 0. The molecule has 0 aliphatic heterocycles. The number of pyridine rings is 1. The first-order valence-corrected chi connectivity index (χ1v) is 6.89. The van der Waals surface area contributed by atoms with Crippen molar-refractivity contribution in [3.63, 3.8) is 0 Å². The summed E-state index contributed by atoms with van der Waals surface area (Å²) in [5.41, 5.74) is 3.14. The van der Waals surface area contributed by atoms with Crippen LogP contribution in [0.4, 0.5) is 0 Å². The number of hydrogen-bond donors (Lipinski definition) is 0. The van der Waals surface area contributed by atoms with Crippen molar-refractivity contribution < 1.29 is 0 Å². The number of hydrogen-bond acceptors (Lipinski definition) is 1. The van der Waals surface area contributed by atoms with Crippen LogP contribution in [0.25, 0.3) is 22.0 Å². The molecule has 2 aromatic carbocycles. The summed E-state index contributed by atoms with van der Waals surface area (Å²) >= 11 is 11.9. The van der Waals surface area contributed by atoms with E-state index >= 15 is 0 Å². The Hall–Kier alpha value is -1.57. The highest BCUT2D eigenvalue weighted by atomic mass is 35.5. The lowest BCUT2D eigenvalue weighted by Gasteiger charge is -2.08. The number of rotatable bonds is 2. The molecule has 0 spiro atoms. The van der Waals surface area contributed by atoms with Crippen molar-refractivity contribution in [2.24, 2.45) is 0 Å². The molecule has 1 aromatic heterocycles. The summed E-state index contributed by atoms with van der Waals surface area (Å²) < 4.78 is 0. The Bertz CT molecular complexity index is 720. The minimum Gasteiger partial charge on any atom is -0.256 e. The van der Waals surface area contributed by atoms with Crippen molar-refractivity contribution in [1.29, 1.82) is 0 Å². The molecule has 0 saturated heterocycles. The second kappa shape index (κ2) is 5.20. The Morgan fingerprint density at radius 2 is 1.68 bits per heavy atom. The third-order valence-electron chi connectivity index (χ3n) is 3.16. The minimum absolute atomic E-state index is 0.501. The maximum absolute atomic E-state index is 5.99. The highest BCUT2D eigenvalue weighted by Gasteiger charge is 2.07. The Morgan fingerprint density at radius 1 is 0.895 bits per heavy atom. The second-order valence-electron chi connectivity index (χ2n) is 4.31. The van der Waals surface area contributed by atoms with Gasteiger partial charge in [-0.05, 0) is 29.1 Å². The number of halogens is 2. The molecule has 0 bridgehead atoms. The van der Waals surface area contributed by atoms with Crippen molar-refractivity contribution in [3.05, 3.63) is 65.3 Å². The van der Waals surface area contributed by atoms with E-state index in [4.69, 9.17) is 23.2 Å². The molecule has 0 amide bonds. The van der Waals surface area contributed by atoms with Crippen LogP contribution in [-0.4, -0.2) is 4.98 Å². The maximum atomic E-state index is 5.99. The van der Waals surface area contributed by atoms with Gasteiger partial charge in [-0.1, -0.05) is 41.9 Å². The van der Waals surface area contributed by atoms with E-state index in [-0.39, 0.29) is 0 Å². The van der Waals surface area contributed by atoms with Gasteiger partial charge in [-0.3, -0.25) is 4.98 Å². The zero-order valence-electron chi connectivity index (χ0n) is 10.1. The highest BCUT2D eigenvalue weighted by molar-refractivity contribution is 6.30. The Kier molecular flexibility index (Phi) is 3.41. The molecule has 19 heavy (non-hydrogen) atoms. The van der Waals surface area contributed by atoms with Crippen LogP contribution in [0.15, 0.2) is 54.7 Å². The molecule has 1 heterocycles. The van der Waals surface area contributed by atoms with Gasteiger partial charge < -0.3 is 0 Å². The standard InChI is InChI=1S/C16H11Cl2N/c17-10-12-2-1-3-15-14(12)8-9-19-16(15)11-4-6-13(18)7-5-11/h1-9H,10H2. The normalized spacial score (nSPS) is 10.8. The maximum Gasteiger partial charge on any atom is 0.0780 e. The summed E-state index contributed by atoms with van der Waals surface area (Å²) in [5, 5.41) is 2.99. The van der Waals surface area contributed by atoms with Gasteiger partial charge in [0.15, 0.2) is 0 Å². The molecule has 3 aromatic rings. The van der Waals surface area contributed by atoms with Crippen LogP contribution in [0.2, 0.25) is 5.02 Å². The minimum atomic E-state index is 0.501. The van der Waals surface area contributed by atoms with E-state index in [1.807, 2.05) is 48.7 Å². The molecule has 3 rings (SSSR count). The summed E-state index contributed by atoms with van der Waals surface area (Å²) in [4.78, 5) is 4.50. The summed E-state index contributed by atoms with van der Waals surface area (Å²) in [6, 6.07) is 15.9.